The van der Waals surface area contributed by atoms with Gasteiger partial charge in [0.05, 0.1) is 5.69 Å². The third-order valence-corrected chi connectivity index (χ3v) is 2.84. The molecule has 3 aromatic rings. The Morgan fingerprint density at radius 2 is 1.47 bits per heavy atom. The van der Waals surface area contributed by atoms with E-state index in [4.69, 9.17) is 5.84 Å². The maximum Gasteiger partial charge on any atom is 0.243 e. The number of hydrogen-bond acceptors (Lipinski definition) is 4. The number of nitrogens with two attached hydrogens (primary N) is 1. The zero-order valence-corrected chi connectivity index (χ0v) is 10.2. The first-order valence-corrected chi connectivity index (χ1v) is 5.93. The number of rotatable bonds is 3. The van der Waals surface area contributed by atoms with Gasteiger partial charge in [-0.15, -0.1) is 10.2 Å². The summed E-state index contributed by atoms with van der Waals surface area (Å²) in [6.07, 6.45) is 0. The Balaban J connectivity index is 2.20. The van der Waals surface area contributed by atoms with Crippen LogP contribution in [0.3, 0.4) is 0 Å². The lowest BCUT2D eigenvalue weighted by atomic mass is 10.2. The molecule has 0 aliphatic heterocycles. The van der Waals surface area contributed by atoms with E-state index in [2.05, 4.69) is 15.6 Å². The Labute approximate surface area is 110 Å². The molecule has 0 atom stereocenters. The predicted molar refractivity (Wildman–Crippen MR) is 74.6 cm³/mol. The van der Waals surface area contributed by atoms with Gasteiger partial charge >= 0.3 is 0 Å². The second kappa shape index (κ2) is 4.91. The van der Waals surface area contributed by atoms with Crippen LogP contribution in [-0.4, -0.2) is 14.8 Å². The van der Waals surface area contributed by atoms with E-state index in [1.807, 2.05) is 65.2 Å². The van der Waals surface area contributed by atoms with Crippen LogP contribution in [0, 0.1) is 0 Å². The molecular formula is C14H13N5. The van der Waals surface area contributed by atoms with Crippen molar-refractivity contribution in [2.24, 2.45) is 5.84 Å². The van der Waals surface area contributed by atoms with Crippen LogP contribution in [0.25, 0.3) is 17.1 Å². The Morgan fingerprint density at radius 3 is 2.11 bits per heavy atom. The molecule has 1 aromatic heterocycles. The highest BCUT2D eigenvalue weighted by Crippen LogP contribution is 2.24. The lowest BCUT2D eigenvalue weighted by Crippen LogP contribution is -2.12. The number of nitrogens with zero attached hydrogens (tertiary/aromatic N) is 3. The van der Waals surface area contributed by atoms with Crippen LogP contribution in [0.1, 0.15) is 0 Å². The lowest BCUT2D eigenvalue weighted by Gasteiger charge is -2.09. The molecule has 0 spiro atoms. The van der Waals surface area contributed by atoms with Crippen molar-refractivity contribution in [3.05, 3.63) is 60.7 Å². The maximum absolute atomic E-state index is 5.51. The highest BCUT2D eigenvalue weighted by molar-refractivity contribution is 5.61. The average Bonchev–Trinajstić information content (AvgIpc) is 2.93. The molecule has 0 saturated heterocycles. The van der Waals surface area contributed by atoms with E-state index in [1.165, 1.54) is 0 Å². The second-order valence-electron chi connectivity index (χ2n) is 4.03. The monoisotopic (exact) mass is 251 g/mol. The Bertz CT molecular complexity index is 661. The SMILES string of the molecule is NNc1nnc(-c2ccccc2)n1-c1ccccc1. The molecule has 0 aliphatic carbocycles. The molecule has 5 nitrogen and oxygen atoms in total. The first-order valence-electron chi connectivity index (χ1n) is 5.93. The molecule has 3 rings (SSSR count). The fourth-order valence-electron chi connectivity index (χ4n) is 1.97. The van der Waals surface area contributed by atoms with Crippen molar-refractivity contribution < 1.29 is 0 Å². The van der Waals surface area contributed by atoms with Crippen LogP contribution in [0.15, 0.2) is 60.7 Å². The number of benzene rings is 2. The first kappa shape index (κ1) is 11.4. The highest BCUT2D eigenvalue weighted by Gasteiger charge is 2.14. The van der Waals surface area contributed by atoms with Crippen molar-refractivity contribution in [1.82, 2.24) is 14.8 Å². The van der Waals surface area contributed by atoms with Crippen LogP contribution in [0.5, 0.6) is 0 Å². The van der Waals surface area contributed by atoms with E-state index in [-0.39, 0.29) is 0 Å². The van der Waals surface area contributed by atoms with Gasteiger partial charge in [-0.05, 0) is 12.1 Å². The molecule has 0 saturated carbocycles. The van der Waals surface area contributed by atoms with Crippen LogP contribution in [0.4, 0.5) is 5.95 Å². The standard InChI is InChI=1S/C14H13N5/c15-16-14-18-17-13(11-7-3-1-4-8-11)19(14)12-9-5-2-6-10-12/h1-10H,15H2,(H,16,18). The lowest BCUT2D eigenvalue weighted by molar-refractivity contribution is 1.04. The van der Waals surface area contributed by atoms with Gasteiger partial charge in [0, 0.05) is 5.56 Å². The highest BCUT2D eigenvalue weighted by atomic mass is 15.4. The van der Waals surface area contributed by atoms with E-state index >= 15 is 0 Å². The number of nitrogens with one attached hydrogen (secondary N) is 1. The molecule has 0 radical (unpaired) electrons. The summed E-state index contributed by atoms with van der Waals surface area (Å²) >= 11 is 0. The zero-order valence-electron chi connectivity index (χ0n) is 10.2. The summed E-state index contributed by atoms with van der Waals surface area (Å²) in [5.41, 5.74) is 4.52. The first-order chi connectivity index (χ1) is 9.40. The van der Waals surface area contributed by atoms with E-state index in [0.29, 0.717) is 5.95 Å². The fraction of sp³-hybridized carbons (Fsp3) is 0. The molecule has 2 aromatic carbocycles. The summed E-state index contributed by atoms with van der Waals surface area (Å²) in [4.78, 5) is 0. The number of para-hydroxylation sites is 1. The molecule has 5 heteroatoms. The van der Waals surface area contributed by atoms with Crippen LogP contribution >= 0.6 is 0 Å². The third kappa shape index (κ3) is 2.07. The predicted octanol–water partition coefficient (Wildman–Crippen LogP) is 2.22. The zero-order chi connectivity index (χ0) is 13.1. The van der Waals surface area contributed by atoms with Gasteiger partial charge in [0.15, 0.2) is 5.82 Å². The molecule has 0 fully saturated rings. The molecule has 0 unspecified atom stereocenters. The van der Waals surface area contributed by atoms with Crippen LogP contribution < -0.4 is 11.3 Å². The Hall–Kier alpha value is -2.66. The second-order valence-corrected chi connectivity index (χ2v) is 4.03. The summed E-state index contributed by atoms with van der Waals surface area (Å²) < 4.78 is 1.88. The van der Waals surface area contributed by atoms with E-state index in [9.17, 15) is 0 Å². The van der Waals surface area contributed by atoms with Gasteiger partial charge in [0.1, 0.15) is 0 Å². The molecule has 94 valence electrons. The van der Waals surface area contributed by atoms with Crippen molar-refractivity contribution in [3.63, 3.8) is 0 Å². The molecular weight excluding hydrogens is 238 g/mol. The summed E-state index contributed by atoms with van der Waals surface area (Å²) in [5, 5.41) is 8.27. The van der Waals surface area contributed by atoms with Gasteiger partial charge in [-0.1, -0.05) is 48.5 Å². The third-order valence-electron chi connectivity index (χ3n) is 2.84. The summed E-state index contributed by atoms with van der Waals surface area (Å²) in [6, 6.07) is 19.7. The normalized spacial score (nSPS) is 10.4. The molecule has 3 N–H and O–H groups in total. The summed E-state index contributed by atoms with van der Waals surface area (Å²) in [6.45, 7) is 0. The minimum atomic E-state index is 0.505. The minimum absolute atomic E-state index is 0.505. The van der Waals surface area contributed by atoms with Crippen molar-refractivity contribution in [1.29, 1.82) is 0 Å². The van der Waals surface area contributed by atoms with Gasteiger partial charge < -0.3 is 0 Å². The Kier molecular flexibility index (Phi) is 2.96. The molecule has 1 heterocycles. The van der Waals surface area contributed by atoms with E-state index < -0.39 is 0 Å². The van der Waals surface area contributed by atoms with Crippen molar-refractivity contribution >= 4 is 5.95 Å². The fourth-order valence-corrected chi connectivity index (χ4v) is 1.97. The van der Waals surface area contributed by atoms with Gasteiger partial charge in [-0.3, -0.25) is 9.99 Å². The quantitative estimate of drug-likeness (QED) is 0.553. The summed E-state index contributed by atoms with van der Waals surface area (Å²) in [7, 11) is 0. The number of nitrogen functional groups attached to an aromatic ring is 1. The van der Waals surface area contributed by atoms with Gasteiger partial charge in [-0.25, -0.2) is 5.84 Å². The van der Waals surface area contributed by atoms with Crippen LogP contribution in [-0.2, 0) is 0 Å². The van der Waals surface area contributed by atoms with E-state index in [1.54, 1.807) is 0 Å². The van der Waals surface area contributed by atoms with Crippen molar-refractivity contribution in [2.45, 2.75) is 0 Å². The number of hydrazine groups is 1. The molecule has 0 bridgehead atoms. The molecule has 0 amide bonds. The average molecular weight is 251 g/mol. The van der Waals surface area contributed by atoms with Gasteiger partial charge in [0.25, 0.3) is 0 Å². The smallest absolute Gasteiger partial charge is 0.243 e. The molecule has 0 aliphatic rings. The number of hydrogen-bond donors (Lipinski definition) is 2. The van der Waals surface area contributed by atoms with E-state index in [0.717, 1.165) is 17.1 Å². The van der Waals surface area contributed by atoms with Crippen LogP contribution in [0.2, 0.25) is 0 Å². The largest absolute Gasteiger partial charge is 0.292 e. The number of aromatic nitrogens is 3. The topological polar surface area (TPSA) is 68.8 Å². The van der Waals surface area contributed by atoms with Crippen molar-refractivity contribution in [2.75, 3.05) is 5.43 Å². The maximum atomic E-state index is 5.51. The van der Waals surface area contributed by atoms with Gasteiger partial charge in [0.2, 0.25) is 5.95 Å². The molecule has 19 heavy (non-hydrogen) atoms. The number of anilines is 1. The van der Waals surface area contributed by atoms with Gasteiger partial charge in [-0.2, -0.15) is 0 Å². The summed E-state index contributed by atoms with van der Waals surface area (Å²) in [5.74, 6) is 6.76. The Morgan fingerprint density at radius 1 is 0.842 bits per heavy atom. The van der Waals surface area contributed by atoms with Crippen molar-refractivity contribution in [3.8, 4) is 17.1 Å². The minimum Gasteiger partial charge on any atom is -0.292 e.